The van der Waals surface area contributed by atoms with E-state index in [-0.39, 0.29) is 12.5 Å². The Bertz CT molecular complexity index is 763. The van der Waals surface area contributed by atoms with E-state index in [4.69, 9.17) is 0 Å². The van der Waals surface area contributed by atoms with Crippen molar-refractivity contribution in [2.45, 2.75) is 39.4 Å². The number of nitrogens with zero attached hydrogens (tertiary/aromatic N) is 3. The molecule has 2 heterocycles. The van der Waals surface area contributed by atoms with E-state index in [1.165, 1.54) is 12.5 Å². The Labute approximate surface area is 147 Å². The molecule has 2 aromatic rings. The number of halogens is 1. The minimum Gasteiger partial charge on any atom is -0.353 e. The number of rotatable bonds is 3. The van der Waals surface area contributed by atoms with E-state index in [2.05, 4.69) is 15.3 Å². The minimum absolute atomic E-state index is 0.194. The first-order valence-electron chi connectivity index (χ1n) is 8.51. The zero-order valence-corrected chi connectivity index (χ0v) is 14.8. The fourth-order valence-corrected chi connectivity index (χ4v) is 3.12. The van der Waals surface area contributed by atoms with E-state index in [1.54, 1.807) is 0 Å². The first kappa shape index (κ1) is 17.3. The Hall–Kier alpha value is -2.50. The molecule has 0 saturated carbocycles. The molecule has 0 bridgehead atoms. The van der Waals surface area contributed by atoms with E-state index < -0.39 is 12.2 Å². The SMILES string of the molecule is CC(=O)N[C@H]1CCN(c2cc(-c3ccc(C)cc3)nc(C)n2)C[C@@H]1F. The number of carbonyl (C=O) groups is 1. The van der Waals surface area contributed by atoms with Gasteiger partial charge in [-0.15, -0.1) is 0 Å². The summed E-state index contributed by atoms with van der Waals surface area (Å²) in [6.45, 7) is 6.17. The van der Waals surface area contributed by atoms with Gasteiger partial charge in [0, 0.05) is 25.1 Å². The number of anilines is 1. The van der Waals surface area contributed by atoms with Crippen molar-refractivity contribution in [1.29, 1.82) is 0 Å². The molecule has 0 spiro atoms. The van der Waals surface area contributed by atoms with Gasteiger partial charge in [-0.3, -0.25) is 4.79 Å². The molecule has 0 unspecified atom stereocenters. The number of hydrogen-bond acceptors (Lipinski definition) is 4. The van der Waals surface area contributed by atoms with Gasteiger partial charge in [0.1, 0.15) is 17.8 Å². The highest BCUT2D eigenvalue weighted by Crippen LogP contribution is 2.25. The Balaban J connectivity index is 1.81. The first-order chi connectivity index (χ1) is 11.9. The highest BCUT2D eigenvalue weighted by molar-refractivity contribution is 5.73. The average molecular weight is 342 g/mol. The number of nitrogens with one attached hydrogen (secondary N) is 1. The molecule has 0 aliphatic carbocycles. The lowest BCUT2D eigenvalue weighted by Gasteiger charge is -2.35. The number of piperidine rings is 1. The monoisotopic (exact) mass is 342 g/mol. The maximum atomic E-state index is 14.4. The van der Waals surface area contributed by atoms with Crippen LogP contribution in [-0.4, -0.2) is 41.2 Å². The van der Waals surface area contributed by atoms with E-state index >= 15 is 0 Å². The van der Waals surface area contributed by atoms with Crippen LogP contribution < -0.4 is 10.2 Å². The van der Waals surface area contributed by atoms with Gasteiger partial charge in [-0.05, 0) is 20.3 Å². The molecule has 3 rings (SSSR count). The highest BCUT2D eigenvalue weighted by Gasteiger charge is 2.30. The normalized spacial score (nSPS) is 20.4. The molecule has 1 saturated heterocycles. The van der Waals surface area contributed by atoms with Gasteiger partial charge in [0.25, 0.3) is 0 Å². The molecule has 1 aromatic carbocycles. The second-order valence-electron chi connectivity index (χ2n) is 6.58. The fourth-order valence-electron chi connectivity index (χ4n) is 3.12. The number of aromatic nitrogens is 2. The van der Waals surface area contributed by atoms with Gasteiger partial charge in [-0.25, -0.2) is 14.4 Å². The van der Waals surface area contributed by atoms with Crippen LogP contribution in [0.4, 0.5) is 10.2 Å². The molecule has 25 heavy (non-hydrogen) atoms. The molecule has 5 nitrogen and oxygen atoms in total. The zero-order valence-electron chi connectivity index (χ0n) is 14.8. The predicted molar refractivity (Wildman–Crippen MR) is 96.3 cm³/mol. The smallest absolute Gasteiger partial charge is 0.217 e. The van der Waals surface area contributed by atoms with Crippen LogP contribution in [0.25, 0.3) is 11.3 Å². The van der Waals surface area contributed by atoms with Crippen LogP contribution in [0.3, 0.4) is 0 Å². The van der Waals surface area contributed by atoms with Crippen molar-refractivity contribution in [2.24, 2.45) is 0 Å². The molecule has 0 radical (unpaired) electrons. The molecule has 1 aliphatic rings. The summed E-state index contributed by atoms with van der Waals surface area (Å²) in [6, 6.07) is 9.63. The second kappa shape index (κ2) is 7.17. The van der Waals surface area contributed by atoms with Gasteiger partial charge in [-0.2, -0.15) is 0 Å². The van der Waals surface area contributed by atoms with Crippen LogP contribution in [0.15, 0.2) is 30.3 Å². The molecule has 132 valence electrons. The second-order valence-corrected chi connectivity index (χ2v) is 6.58. The first-order valence-corrected chi connectivity index (χ1v) is 8.51. The predicted octanol–water partition coefficient (Wildman–Crippen LogP) is 2.81. The summed E-state index contributed by atoms with van der Waals surface area (Å²) in [6.07, 6.45) is -0.556. The number of carbonyl (C=O) groups excluding carboxylic acids is 1. The fraction of sp³-hybridized carbons (Fsp3) is 0.421. The molecule has 1 fully saturated rings. The van der Waals surface area contributed by atoms with Gasteiger partial charge < -0.3 is 10.2 Å². The average Bonchev–Trinajstić information content (AvgIpc) is 2.56. The third-order valence-corrected chi connectivity index (χ3v) is 4.43. The number of amides is 1. The quantitative estimate of drug-likeness (QED) is 0.932. The maximum Gasteiger partial charge on any atom is 0.217 e. The Morgan fingerprint density at radius 2 is 1.96 bits per heavy atom. The van der Waals surface area contributed by atoms with Crippen molar-refractivity contribution in [3.8, 4) is 11.3 Å². The summed E-state index contributed by atoms with van der Waals surface area (Å²) in [5.41, 5.74) is 3.04. The van der Waals surface area contributed by atoms with Crippen LogP contribution in [0.1, 0.15) is 24.7 Å². The van der Waals surface area contributed by atoms with Crippen molar-refractivity contribution in [2.75, 3.05) is 18.0 Å². The Morgan fingerprint density at radius 3 is 2.60 bits per heavy atom. The summed E-state index contributed by atoms with van der Waals surface area (Å²) in [5.74, 6) is 1.19. The van der Waals surface area contributed by atoms with Crippen LogP contribution in [0.5, 0.6) is 0 Å². The molecule has 2 atom stereocenters. The Morgan fingerprint density at radius 1 is 1.24 bits per heavy atom. The summed E-state index contributed by atoms with van der Waals surface area (Å²) >= 11 is 0. The summed E-state index contributed by atoms with van der Waals surface area (Å²) < 4.78 is 14.4. The van der Waals surface area contributed by atoms with E-state index in [1.807, 2.05) is 49.1 Å². The van der Waals surface area contributed by atoms with Gasteiger partial charge in [0.15, 0.2) is 0 Å². The van der Waals surface area contributed by atoms with Crippen LogP contribution >= 0.6 is 0 Å². The van der Waals surface area contributed by atoms with Crippen LogP contribution in [-0.2, 0) is 4.79 Å². The van der Waals surface area contributed by atoms with Gasteiger partial charge in [-0.1, -0.05) is 29.8 Å². The molecule has 1 amide bonds. The van der Waals surface area contributed by atoms with E-state index in [0.29, 0.717) is 18.8 Å². The molecule has 1 aromatic heterocycles. The summed E-state index contributed by atoms with van der Waals surface area (Å²) in [4.78, 5) is 22.1. The van der Waals surface area contributed by atoms with E-state index in [9.17, 15) is 9.18 Å². The molecule has 1 aliphatic heterocycles. The van der Waals surface area contributed by atoms with Crippen molar-refractivity contribution < 1.29 is 9.18 Å². The van der Waals surface area contributed by atoms with Crippen molar-refractivity contribution in [1.82, 2.24) is 15.3 Å². The number of aryl methyl sites for hydroxylation is 2. The van der Waals surface area contributed by atoms with Gasteiger partial charge in [0.2, 0.25) is 5.91 Å². The number of hydrogen-bond donors (Lipinski definition) is 1. The standard InChI is InChI=1S/C19H23FN4O/c1-12-4-6-15(7-5-12)18-10-19(22-13(2)21-18)24-9-8-17(16(20)11-24)23-14(3)25/h4-7,10,16-17H,8-9,11H2,1-3H3,(H,23,25)/t16-,17-/m0/s1. The summed E-state index contributed by atoms with van der Waals surface area (Å²) in [5, 5.41) is 2.68. The zero-order chi connectivity index (χ0) is 18.0. The maximum absolute atomic E-state index is 14.4. The highest BCUT2D eigenvalue weighted by atomic mass is 19.1. The lowest BCUT2D eigenvalue weighted by atomic mass is 10.0. The molecule has 6 heteroatoms. The number of benzene rings is 1. The molecule has 1 N–H and O–H groups in total. The van der Waals surface area contributed by atoms with Gasteiger partial charge in [0.05, 0.1) is 18.3 Å². The molecular formula is C19H23FN4O. The van der Waals surface area contributed by atoms with Crippen molar-refractivity contribution >= 4 is 11.7 Å². The van der Waals surface area contributed by atoms with Crippen LogP contribution in [0.2, 0.25) is 0 Å². The third kappa shape index (κ3) is 4.13. The lowest BCUT2D eigenvalue weighted by molar-refractivity contribution is -0.120. The minimum atomic E-state index is -1.12. The lowest BCUT2D eigenvalue weighted by Crippen LogP contribution is -2.52. The largest absolute Gasteiger partial charge is 0.353 e. The molecular weight excluding hydrogens is 319 g/mol. The van der Waals surface area contributed by atoms with Gasteiger partial charge >= 0.3 is 0 Å². The third-order valence-electron chi connectivity index (χ3n) is 4.43. The van der Waals surface area contributed by atoms with Crippen molar-refractivity contribution in [3.05, 3.63) is 41.7 Å². The summed E-state index contributed by atoms with van der Waals surface area (Å²) in [7, 11) is 0. The van der Waals surface area contributed by atoms with Crippen LogP contribution in [0, 0.1) is 13.8 Å². The topological polar surface area (TPSA) is 58.1 Å². The van der Waals surface area contributed by atoms with Crippen molar-refractivity contribution in [3.63, 3.8) is 0 Å². The Kier molecular flexibility index (Phi) is 4.97. The van der Waals surface area contributed by atoms with E-state index in [0.717, 1.165) is 17.1 Å². The number of alkyl halides is 1.